The second-order valence-corrected chi connectivity index (χ2v) is 10.4. The molecule has 8 nitrogen and oxygen atoms in total. The molecular formula is C31H35N5O3. The Labute approximate surface area is 229 Å². The molecule has 0 saturated carbocycles. The van der Waals surface area contributed by atoms with E-state index < -0.39 is 5.91 Å². The van der Waals surface area contributed by atoms with Crippen LogP contribution >= 0.6 is 0 Å². The van der Waals surface area contributed by atoms with Crippen LogP contribution in [0.15, 0.2) is 77.2 Å². The van der Waals surface area contributed by atoms with Crippen molar-refractivity contribution in [2.75, 3.05) is 13.2 Å². The number of nitrogens with zero attached hydrogens (tertiary/aromatic N) is 5. The number of hydrogen-bond donors (Lipinski definition) is 1. The third-order valence-corrected chi connectivity index (χ3v) is 7.33. The van der Waals surface area contributed by atoms with Crippen molar-refractivity contribution in [1.82, 2.24) is 14.5 Å². The molecule has 1 atom stereocenters. The number of carbonyl (C=O) groups is 1. The van der Waals surface area contributed by atoms with Gasteiger partial charge in [-0.3, -0.25) is 19.2 Å². The fourth-order valence-corrected chi connectivity index (χ4v) is 5.32. The molecule has 5 rings (SSSR count). The molecule has 1 aliphatic heterocycles. The molecule has 0 radical (unpaired) electrons. The zero-order valence-corrected chi connectivity index (χ0v) is 22.7. The molecule has 1 saturated heterocycles. The predicted octanol–water partition coefficient (Wildman–Crippen LogP) is 7.05. The average molecular weight is 526 g/mol. The van der Waals surface area contributed by atoms with E-state index in [-0.39, 0.29) is 30.1 Å². The monoisotopic (exact) mass is 525 g/mol. The highest BCUT2D eigenvalue weighted by atomic mass is 16.5. The van der Waals surface area contributed by atoms with E-state index >= 15 is 0 Å². The van der Waals surface area contributed by atoms with Crippen molar-refractivity contribution in [3.63, 3.8) is 0 Å². The zero-order valence-electron chi connectivity index (χ0n) is 22.7. The number of likely N-dealkylation sites (tertiary alicyclic amines) is 1. The summed E-state index contributed by atoms with van der Waals surface area (Å²) in [6.07, 6.45) is 6.99. The Morgan fingerprint density at radius 2 is 2.00 bits per heavy atom. The molecule has 8 heteroatoms. The van der Waals surface area contributed by atoms with Crippen LogP contribution in [0.4, 0.5) is 5.69 Å². The van der Waals surface area contributed by atoms with Crippen LogP contribution in [0.2, 0.25) is 0 Å². The van der Waals surface area contributed by atoms with Gasteiger partial charge in [-0.25, -0.2) is 0 Å². The Balaban J connectivity index is 1.37. The number of para-hydroxylation sites is 1. The van der Waals surface area contributed by atoms with Crippen LogP contribution in [0.25, 0.3) is 10.9 Å². The first-order chi connectivity index (χ1) is 18.9. The van der Waals surface area contributed by atoms with Crippen molar-refractivity contribution < 1.29 is 14.6 Å². The van der Waals surface area contributed by atoms with Crippen LogP contribution in [0.1, 0.15) is 61.8 Å². The van der Waals surface area contributed by atoms with Crippen LogP contribution in [-0.2, 0) is 11.5 Å². The highest BCUT2D eigenvalue weighted by Gasteiger charge is 2.27. The van der Waals surface area contributed by atoms with E-state index in [2.05, 4.69) is 40.0 Å². The van der Waals surface area contributed by atoms with Gasteiger partial charge in [-0.15, -0.1) is 10.2 Å². The molecule has 39 heavy (non-hydrogen) atoms. The number of amides is 1. The van der Waals surface area contributed by atoms with Crippen LogP contribution in [-0.4, -0.2) is 38.6 Å². The zero-order chi connectivity index (χ0) is 27.4. The Morgan fingerprint density at radius 3 is 2.79 bits per heavy atom. The van der Waals surface area contributed by atoms with Gasteiger partial charge in [0.15, 0.2) is 12.3 Å². The highest BCUT2D eigenvalue weighted by molar-refractivity contribution is 5.95. The lowest BCUT2D eigenvalue weighted by Crippen LogP contribution is -2.34. The lowest BCUT2D eigenvalue weighted by atomic mass is 9.97. The molecule has 1 amide bonds. The number of hydrogen-bond acceptors (Lipinski definition) is 6. The van der Waals surface area contributed by atoms with Crippen LogP contribution < -0.4 is 4.74 Å². The number of ether oxygens (including phenoxy) is 1. The molecule has 1 fully saturated rings. The van der Waals surface area contributed by atoms with Gasteiger partial charge < -0.3 is 9.84 Å². The number of aromatic hydroxyl groups is 1. The van der Waals surface area contributed by atoms with Crippen LogP contribution in [0, 0.1) is 6.92 Å². The maximum Gasteiger partial charge on any atom is 0.302 e. The summed E-state index contributed by atoms with van der Waals surface area (Å²) in [5.74, 6) is 0.413. The molecule has 2 aromatic heterocycles. The fourth-order valence-electron chi connectivity index (χ4n) is 5.32. The Kier molecular flexibility index (Phi) is 8.02. The quantitative estimate of drug-likeness (QED) is 0.249. The van der Waals surface area contributed by atoms with Gasteiger partial charge in [0, 0.05) is 30.4 Å². The number of fused-ring (bicyclic) bond motifs is 1. The standard InChI is InChI=1S/C31H35N5O3/c1-21(2)24-14-13-22(3)17-28(24)39-19-29(37)33-34-30-25-10-4-5-12-27(25)36(31(30)38)20-35-16-7-6-11-26(35)23-9-8-15-32-18-23/h4-5,8-10,12-15,17-18,21,26,38H,6-7,11,16,19-20H2,1-3H3/t26-/m1/s1. The second kappa shape index (κ2) is 11.8. The summed E-state index contributed by atoms with van der Waals surface area (Å²) < 4.78 is 7.67. The van der Waals surface area contributed by atoms with Gasteiger partial charge in [0.25, 0.3) is 0 Å². The number of aromatic nitrogens is 2. The normalized spacial score (nSPS) is 16.4. The minimum atomic E-state index is -0.518. The topological polar surface area (TPSA) is 92.3 Å². The number of piperidine rings is 1. The molecule has 0 aliphatic carbocycles. The number of carbonyl (C=O) groups excluding carboxylic acids is 1. The summed E-state index contributed by atoms with van der Waals surface area (Å²) in [5.41, 5.74) is 4.39. The van der Waals surface area contributed by atoms with Crippen molar-refractivity contribution in [3.05, 3.63) is 83.7 Å². The lowest BCUT2D eigenvalue weighted by molar-refractivity contribution is -0.120. The minimum Gasteiger partial charge on any atom is -0.493 e. The lowest BCUT2D eigenvalue weighted by Gasteiger charge is -2.36. The van der Waals surface area contributed by atoms with E-state index in [1.807, 2.05) is 66.2 Å². The third-order valence-electron chi connectivity index (χ3n) is 7.33. The maximum absolute atomic E-state index is 12.6. The number of azo groups is 1. The molecular weight excluding hydrogens is 490 g/mol. The first-order valence-electron chi connectivity index (χ1n) is 13.5. The first kappa shape index (κ1) is 26.6. The fraction of sp³-hybridized carbons (Fsp3) is 0.355. The van der Waals surface area contributed by atoms with E-state index in [0.717, 1.165) is 47.8 Å². The summed E-state index contributed by atoms with van der Waals surface area (Å²) in [6, 6.07) is 17.9. The van der Waals surface area contributed by atoms with Crippen molar-refractivity contribution in [1.29, 1.82) is 0 Å². The smallest absolute Gasteiger partial charge is 0.302 e. The average Bonchev–Trinajstić information content (AvgIpc) is 3.21. The SMILES string of the molecule is Cc1ccc(C(C)C)c(OCC(=O)N=Nc2c(O)n(CN3CCCC[C@@H]3c3cccnc3)c3ccccc23)c1. The van der Waals surface area contributed by atoms with Crippen molar-refractivity contribution in [2.45, 2.75) is 58.7 Å². The Morgan fingerprint density at radius 1 is 1.15 bits per heavy atom. The van der Waals surface area contributed by atoms with E-state index in [1.54, 1.807) is 6.20 Å². The van der Waals surface area contributed by atoms with E-state index in [9.17, 15) is 9.90 Å². The van der Waals surface area contributed by atoms with Crippen LogP contribution in [0.5, 0.6) is 11.6 Å². The number of benzene rings is 2. The van der Waals surface area contributed by atoms with Gasteiger partial charge in [-0.1, -0.05) is 56.7 Å². The van der Waals surface area contributed by atoms with E-state index in [0.29, 0.717) is 12.4 Å². The summed E-state index contributed by atoms with van der Waals surface area (Å²) in [4.78, 5) is 19.3. The summed E-state index contributed by atoms with van der Waals surface area (Å²) in [6.45, 7) is 7.33. The molecule has 0 spiro atoms. The molecule has 2 aromatic carbocycles. The largest absolute Gasteiger partial charge is 0.493 e. The van der Waals surface area contributed by atoms with E-state index in [4.69, 9.17) is 4.74 Å². The molecule has 202 valence electrons. The number of rotatable bonds is 8. The molecule has 1 N–H and O–H groups in total. The first-order valence-corrected chi connectivity index (χ1v) is 13.5. The molecule has 0 bridgehead atoms. The summed E-state index contributed by atoms with van der Waals surface area (Å²) in [7, 11) is 0. The molecule has 3 heterocycles. The molecule has 4 aromatic rings. The number of aryl methyl sites for hydroxylation is 1. The van der Waals surface area contributed by atoms with Crippen LogP contribution in [0.3, 0.4) is 0 Å². The number of pyridine rings is 1. The van der Waals surface area contributed by atoms with Gasteiger partial charge in [0.05, 0.1) is 12.2 Å². The Bertz CT molecular complexity index is 1480. The van der Waals surface area contributed by atoms with Gasteiger partial charge in [0.2, 0.25) is 5.88 Å². The van der Waals surface area contributed by atoms with Gasteiger partial charge in [-0.05, 0) is 60.6 Å². The summed E-state index contributed by atoms with van der Waals surface area (Å²) in [5, 5.41) is 20.1. The second-order valence-electron chi connectivity index (χ2n) is 10.4. The minimum absolute atomic E-state index is 0.00930. The van der Waals surface area contributed by atoms with Gasteiger partial charge in [0.1, 0.15) is 5.75 Å². The molecule has 0 unspecified atom stereocenters. The van der Waals surface area contributed by atoms with Crippen molar-refractivity contribution in [3.8, 4) is 11.6 Å². The predicted molar refractivity (Wildman–Crippen MR) is 151 cm³/mol. The van der Waals surface area contributed by atoms with Crippen molar-refractivity contribution in [2.24, 2.45) is 10.2 Å². The Hall–Kier alpha value is -4.04. The third kappa shape index (κ3) is 5.86. The van der Waals surface area contributed by atoms with Gasteiger partial charge in [-0.2, -0.15) is 0 Å². The highest BCUT2D eigenvalue weighted by Crippen LogP contribution is 2.40. The van der Waals surface area contributed by atoms with E-state index in [1.165, 1.54) is 5.56 Å². The van der Waals surface area contributed by atoms with Gasteiger partial charge >= 0.3 is 5.91 Å². The molecule has 1 aliphatic rings. The summed E-state index contributed by atoms with van der Waals surface area (Å²) >= 11 is 0. The maximum atomic E-state index is 12.6. The van der Waals surface area contributed by atoms with Crippen molar-refractivity contribution >= 4 is 22.5 Å².